The molecule has 1 amide bonds. The van der Waals surface area contributed by atoms with Gasteiger partial charge in [-0.25, -0.2) is 0 Å². The Bertz CT molecular complexity index is 401. The van der Waals surface area contributed by atoms with Gasteiger partial charge in [-0.1, -0.05) is 18.2 Å². The van der Waals surface area contributed by atoms with Crippen LogP contribution in [0.25, 0.3) is 0 Å². The molecule has 0 heterocycles. The van der Waals surface area contributed by atoms with Crippen molar-refractivity contribution >= 4 is 5.91 Å². The molecule has 0 unspecified atom stereocenters. The molecule has 1 aliphatic rings. The summed E-state index contributed by atoms with van der Waals surface area (Å²) < 4.78 is 0. The molecule has 0 saturated heterocycles. The third-order valence-corrected chi connectivity index (χ3v) is 3.27. The number of hydrogen-bond donors (Lipinski definition) is 2. The highest BCUT2D eigenvalue weighted by Gasteiger charge is 2.11. The zero-order valence-electron chi connectivity index (χ0n) is 10.2. The fourth-order valence-electron chi connectivity index (χ4n) is 2.34. The SMILES string of the molecule is NCCNC(=O)CCc1ccc2c(c1)CCC2. The second-order valence-electron chi connectivity index (χ2n) is 4.60. The lowest BCUT2D eigenvalue weighted by Gasteiger charge is -2.06. The number of nitrogens with one attached hydrogen (secondary N) is 1. The van der Waals surface area contributed by atoms with E-state index in [0.717, 1.165) is 6.42 Å². The van der Waals surface area contributed by atoms with Crippen LogP contribution in [-0.2, 0) is 24.1 Å². The van der Waals surface area contributed by atoms with Crippen molar-refractivity contribution < 1.29 is 4.79 Å². The Morgan fingerprint density at radius 2 is 2.12 bits per heavy atom. The van der Waals surface area contributed by atoms with E-state index in [1.165, 1.54) is 36.0 Å². The summed E-state index contributed by atoms with van der Waals surface area (Å²) in [5.74, 6) is 0.0935. The van der Waals surface area contributed by atoms with Crippen LogP contribution in [0.1, 0.15) is 29.5 Å². The lowest BCUT2D eigenvalue weighted by molar-refractivity contribution is -0.120. The molecule has 1 aromatic carbocycles. The molecule has 3 nitrogen and oxygen atoms in total. The van der Waals surface area contributed by atoms with Crippen LogP contribution < -0.4 is 11.1 Å². The summed E-state index contributed by atoms with van der Waals surface area (Å²) in [6.07, 6.45) is 5.06. The van der Waals surface area contributed by atoms with Gasteiger partial charge in [0.1, 0.15) is 0 Å². The van der Waals surface area contributed by atoms with Gasteiger partial charge in [0.2, 0.25) is 5.91 Å². The minimum atomic E-state index is 0.0935. The van der Waals surface area contributed by atoms with Crippen LogP contribution in [0.2, 0.25) is 0 Å². The van der Waals surface area contributed by atoms with Crippen molar-refractivity contribution in [2.75, 3.05) is 13.1 Å². The predicted octanol–water partition coefficient (Wildman–Crippen LogP) is 1.18. The Morgan fingerprint density at radius 1 is 1.29 bits per heavy atom. The number of fused-ring (bicyclic) bond motifs is 1. The number of benzene rings is 1. The summed E-state index contributed by atoms with van der Waals surface area (Å²) in [7, 11) is 0. The normalized spacial score (nSPS) is 13.5. The minimum Gasteiger partial charge on any atom is -0.355 e. The van der Waals surface area contributed by atoms with Crippen molar-refractivity contribution in [2.24, 2.45) is 5.73 Å². The molecule has 0 atom stereocenters. The van der Waals surface area contributed by atoms with Gasteiger partial charge in [0.05, 0.1) is 0 Å². The van der Waals surface area contributed by atoms with E-state index in [0.29, 0.717) is 19.5 Å². The molecule has 0 radical (unpaired) electrons. The number of hydrogen-bond acceptors (Lipinski definition) is 2. The van der Waals surface area contributed by atoms with E-state index in [9.17, 15) is 4.79 Å². The van der Waals surface area contributed by atoms with Crippen LogP contribution in [0, 0.1) is 0 Å². The first kappa shape index (κ1) is 12.1. The molecule has 0 saturated carbocycles. The van der Waals surface area contributed by atoms with Crippen molar-refractivity contribution in [2.45, 2.75) is 32.1 Å². The zero-order chi connectivity index (χ0) is 12.1. The van der Waals surface area contributed by atoms with E-state index in [1.54, 1.807) is 0 Å². The highest BCUT2D eigenvalue weighted by molar-refractivity contribution is 5.76. The first-order valence-electron chi connectivity index (χ1n) is 6.37. The molecule has 0 bridgehead atoms. The van der Waals surface area contributed by atoms with Crippen LogP contribution in [0.4, 0.5) is 0 Å². The van der Waals surface area contributed by atoms with Gasteiger partial charge >= 0.3 is 0 Å². The molecule has 17 heavy (non-hydrogen) atoms. The lowest BCUT2D eigenvalue weighted by Crippen LogP contribution is -2.29. The standard InChI is InChI=1S/C14H20N2O/c15-8-9-16-14(17)7-5-11-4-6-12-2-1-3-13(12)10-11/h4,6,10H,1-3,5,7-9,15H2,(H,16,17). The smallest absolute Gasteiger partial charge is 0.220 e. The fourth-order valence-corrected chi connectivity index (χ4v) is 2.34. The van der Waals surface area contributed by atoms with E-state index in [4.69, 9.17) is 5.73 Å². The van der Waals surface area contributed by atoms with Crippen molar-refractivity contribution in [3.8, 4) is 0 Å². The summed E-state index contributed by atoms with van der Waals surface area (Å²) in [4.78, 5) is 11.4. The van der Waals surface area contributed by atoms with Gasteiger partial charge < -0.3 is 11.1 Å². The van der Waals surface area contributed by atoms with Crippen LogP contribution in [0.3, 0.4) is 0 Å². The number of amides is 1. The molecule has 2 rings (SSSR count). The highest BCUT2D eigenvalue weighted by atomic mass is 16.1. The molecule has 0 fully saturated rings. The van der Waals surface area contributed by atoms with E-state index >= 15 is 0 Å². The fraction of sp³-hybridized carbons (Fsp3) is 0.500. The van der Waals surface area contributed by atoms with Gasteiger partial charge in [0.25, 0.3) is 0 Å². The highest BCUT2D eigenvalue weighted by Crippen LogP contribution is 2.23. The average molecular weight is 232 g/mol. The Morgan fingerprint density at radius 3 is 2.94 bits per heavy atom. The van der Waals surface area contributed by atoms with Crippen LogP contribution >= 0.6 is 0 Å². The van der Waals surface area contributed by atoms with Gasteiger partial charge in [-0.05, 0) is 42.4 Å². The summed E-state index contributed by atoms with van der Waals surface area (Å²) in [5, 5.41) is 2.79. The van der Waals surface area contributed by atoms with E-state index < -0.39 is 0 Å². The zero-order valence-corrected chi connectivity index (χ0v) is 10.2. The van der Waals surface area contributed by atoms with Gasteiger partial charge in [-0.3, -0.25) is 4.79 Å². The molecule has 3 N–H and O–H groups in total. The van der Waals surface area contributed by atoms with Crippen molar-refractivity contribution in [3.05, 3.63) is 34.9 Å². The van der Waals surface area contributed by atoms with Gasteiger partial charge in [-0.2, -0.15) is 0 Å². The second-order valence-corrected chi connectivity index (χ2v) is 4.60. The molecule has 3 heteroatoms. The third-order valence-electron chi connectivity index (χ3n) is 3.27. The molecular formula is C14H20N2O. The number of aryl methyl sites for hydroxylation is 3. The molecular weight excluding hydrogens is 212 g/mol. The summed E-state index contributed by atoms with van der Waals surface area (Å²) in [6.45, 7) is 1.08. The number of carbonyl (C=O) groups is 1. The van der Waals surface area contributed by atoms with E-state index in [1.807, 2.05) is 0 Å². The molecule has 0 aromatic heterocycles. The van der Waals surface area contributed by atoms with Crippen molar-refractivity contribution in [3.63, 3.8) is 0 Å². The van der Waals surface area contributed by atoms with Gasteiger partial charge in [0.15, 0.2) is 0 Å². The maximum Gasteiger partial charge on any atom is 0.220 e. The monoisotopic (exact) mass is 232 g/mol. The quantitative estimate of drug-likeness (QED) is 0.801. The maximum absolute atomic E-state index is 11.4. The number of carbonyl (C=O) groups excluding carboxylic acids is 1. The Hall–Kier alpha value is -1.35. The third kappa shape index (κ3) is 3.30. The maximum atomic E-state index is 11.4. The summed E-state index contributed by atoms with van der Waals surface area (Å²) >= 11 is 0. The van der Waals surface area contributed by atoms with Crippen LogP contribution in [-0.4, -0.2) is 19.0 Å². The van der Waals surface area contributed by atoms with E-state index in [-0.39, 0.29) is 5.91 Å². The summed E-state index contributed by atoms with van der Waals surface area (Å²) in [5.41, 5.74) is 9.57. The van der Waals surface area contributed by atoms with Gasteiger partial charge in [0, 0.05) is 19.5 Å². The van der Waals surface area contributed by atoms with Crippen LogP contribution in [0.15, 0.2) is 18.2 Å². The predicted molar refractivity (Wildman–Crippen MR) is 68.9 cm³/mol. The molecule has 1 aliphatic carbocycles. The molecule has 0 aliphatic heterocycles. The second kappa shape index (κ2) is 5.82. The van der Waals surface area contributed by atoms with Crippen molar-refractivity contribution in [1.82, 2.24) is 5.32 Å². The summed E-state index contributed by atoms with van der Waals surface area (Å²) in [6, 6.07) is 6.63. The minimum absolute atomic E-state index is 0.0935. The Kier molecular flexibility index (Phi) is 4.15. The van der Waals surface area contributed by atoms with Crippen molar-refractivity contribution in [1.29, 1.82) is 0 Å². The van der Waals surface area contributed by atoms with Gasteiger partial charge in [-0.15, -0.1) is 0 Å². The largest absolute Gasteiger partial charge is 0.355 e. The number of nitrogens with two attached hydrogens (primary N) is 1. The average Bonchev–Trinajstić information content (AvgIpc) is 2.81. The van der Waals surface area contributed by atoms with E-state index in [2.05, 4.69) is 23.5 Å². The first-order valence-corrected chi connectivity index (χ1v) is 6.37. The Balaban J connectivity index is 1.85. The topological polar surface area (TPSA) is 55.1 Å². The molecule has 1 aromatic rings. The molecule has 92 valence electrons. The first-order chi connectivity index (χ1) is 8.29. The van der Waals surface area contributed by atoms with Crippen LogP contribution in [0.5, 0.6) is 0 Å². The number of rotatable bonds is 5. The lowest BCUT2D eigenvalue weighted by atomic mass is 10.0. The Labute approximate surface area is 102 Å². The molecule has 0 spiro atoms.